The first-order valence-electron chi connectivity index (χ1n) is 12.2. The number of rotatable bonds is 6. The van der Waals surface area contributed by atoms with Crippen molar-refractivity contribution in [2.75, 3.05) is 0 Å². The van der Waals surface area contributed by atoms with Crippen molar-refractivity contribution in [1.82, 2.24) is 0 Å². The molecular weight excluding hydrogens is 564 g/mol. The molecule has 0 aliphatic heterocycles. The van der Waals surface area contributed by atoms with Gasteiger partial charge in [0.15, 0.2) is 0 Å². The lowest BCUT2D eigenvalue weighted by molar-refractivity contribution is -0.293. The number of thiophene rings is 2. The van der Waals surface area contributed by atoms with E-state index in [9.17, 15) is 0 Å². The minimum Gasteiger partial charge on any atom is -0.227 e. The number of hydrogen-bond acceptors (Lipinski definition) is 2. The summed E-state index contributed by atoms with van der Waals surface area (Å²) in [5.74, 6) is -18.5. The molecule has 2 aromatic carbocycles. The summed E-state index contributed by atoms with van der Waals surface area (Å²) >= 11 is 1.56. The van der Waals surface area contributed by atoms with E-state index in [1.807, 2.05) is 0 Å². The fraction of sp³-hybridized carbons (Fsp3) is 0.310. The van der Waals surface area contributed by atoms with Gasteiger partial charge in [-0.2, -0.15) is 26.3 Å². The van der Waals surface area contributed by atoms with Crippen molar-refractivity contribution in [3.05, 3.63) is 93.7 Å². The monoisotopic (exact) mass is 586 g/mol. The highest BCUT2D eigenvalue weighted by Gasteiger charge is 3.00. The fourth-order valence-electron chi connectivity index (χ4n) is 5.23. The Morgan fingerprint density at radius 3 is 1.15 bits per heavy atom. The van der Waals surface area contributed by atoms with E-state index in [0.717, 1.165) is 34.8 Å². The van der Waals surface area contributed by atoms with Gasteiger partial charge in [0.2, 0.25) is 0 Å². The van der Waals surface area contributed by atoms with Crippen LogP contribution in [0.25, 0.3) is 20.9 Å². The van der Waals surface area contributed by atoms with Crippen LogP contribution in [0.1, 0.15) is 34.7 Å². The van der Waals surface area contributed by atoms with Gasteiger partial charge in [0.05, 0.1) is 0 Å². The Morgan fingerprint density at radius 1 is 0.513 bits per heavy atom. The van der Waals surface area contributed by atoms with Crippen LogP contribution in [0.3, 0.4) is 0 Å². The SMILES string of the molecule is CCc1sc(-c2ccccc2)cc1C1(F)C(F)(F)C(F)(F)C(F)(F)C1(F)c1cc(-c2ccccc2)sc1CC. The van der Waals surface area contributed by atoms with Crippen molar-refractivity contribution in [3.63, 3.8) is 0 Å². The highest BCUT2D eigenvalue weighted by atomic mass is 32.1. The molecule has 0 saturated heterocycles. The molecule has 0 nitrogen and oxygen atoms in total. The molecule has 10 heteroatoms. The van der Waals surface area contributed by atoms with Crippen LogP contribution in [0, 0.1) is 0 Å². The summed E-state index contributed by atoms with van der Waals surface area (Å²) in [6.07, 6.45) is -0.331. The third-order valence-electron chi connectivity index (χ3n) is 7.25. The summed E-state index contributed by atoms with van der Waals surface area (Å²) in [7, 11) is 0. The molecule has 0 amide bonds. The minimum atomic E-state index is -6.33. The van der Waals surface area contributed by atoms with E-state index >= 15 is 35.1 Å². The molecule has 2 aromatic heterocycles. The third kappa shape index (κ3) is 3.46. The van der Waals surface area contributed by atoms with Gasteiger partial charge in [0, 0.05) is 30.6 Å². The van der Waals surface area contributed by atoms with Gasteiger partial charge in [-0.05, 0) is 36.1 Å². The van der Waals surface area contributed by atoms with Crippen LogP contribution in [0.2, 0.25) is 0 Å². The van der Waals surface area contributed by atoms with Gasteiger partial charge in [-0.15, -0.1) is 22.7 Å². The van der Waals surface area contributed by atoms with Crippen LogP contribution >= 0.6 is 22.7 Å². The van der Waals surface area contributed by atoms with Gasteiger partial charge >= 0.3 is 17.8 Å². The van der Waals surface area contributed by atoms with Crippen molar-refractivity contribution < 1.29 is 35.1 Å². The molecule has 2 atom stereocenters. The first-order valence-corrected chi connectivity index (χ1v) is 13.8. The normalized spacial score (nSPS) is 25.2. The molecule has 39 heavy (non-hydrogen) atoms. The largest absolute Gasteiger partial charge is 0.379 e. The Hall–Kier alpha value is -2.72. The zero-order chi connectivity index (χ0) is 28.4. The Bertz CT molecular complexity index is 1380. The summed E-state index contributed by atoms with van der Waals surface area (Å²) in [6.45, 7) is 2.87. The summed E-state index contributed by atoms with van der Waals surface area (Å²) < 4.78 is 127. The van der Waals surface area contributed by atoms with E-state index in [4.69, 9.17) is 0 Å². The minimum absolute atomic E-state index is 0.165. The first kappa shape index (κ1) is 27.8. The van der Waals surface area contributed by atoms with Gasteiger partial charge < -0.3 is 0 Å². The lowest BCUT2D eigenvalue weighted by Crippen LogP contribution is -2.53. The molecular formula is C29H22F8S2. The van der Waals surface area contributed by atoms with E-state index in [2.05, 4.69) is 0 Å². The van der Waals surface area contributed by atoms with Crippen molar-refractivity contribution in [1.29, 1.82) is 0 Å². The Balaban J connectivity index is 1.84. The molecule has 5 rings (SSSR count). The van der Waals surface area contributed by atoms with Crippen molar-refractivity contribution in [3.8, 4) is 20.9 Å². The van der Waals surface area contributed by atoms with Crippen molar-refractivity contribution in [2.45, 2.75) is 55.8 Å². The van der Waals surface area contributed by atoms with Gasteiger partial charge in [-0.1, -0.05) is 74.5 Å². The quantitative estimate of drug-likeness (QED) is 0.197. The molecule has 1 fully saturated rings. The molecule has 0 bridgehead atoms. The zero-order valence-corrected chi connectivity index (χ0v) is 22.3. The van der Waals surface area contributed by atoms with Crippen LogP contribution < -0.4 is 0 Å². The maximum absolute atomic E-state index is 17.2. The summed E-state index contributed by atoms with van der Waals surface area (Å²) in [6, 6.07) is 17.7. The maximum Gasteiger partial charge on any atom is 0.379 e. The highest BCUT2D eigenvalue weighted by Crippen LogP contribution is 2.76. The van der Waals surface area contributed by atoms with Crippen LogP contribution in [0.5, 0.6) is 0 Å². The Kier molecular flexibility index (Phi) is 6.54. The average molecular weight is 587 g/mol. The lowest BCUT2D eigenvalue weighted by Gasteiger charge is -2.37. The van der Waals surface area contributed by atoms with Gasteiger partial charge in [0.25, 0.3) is 11.3 Å². The molecule has 2 heterocycles. The summed E-state index contributed by atoms with van der Waals surface area (Å²) in [5.41, 5.74) is -11.7. The Morgan fingerprint density at radius 2 is 0.846 bits per heavy atom. The number of halogens is 8. The molecule has 1 aliphatic carbocycles. The smallest absolute Gasteiger partial charge is 0.227 e. The lowest BCUT2D eigenvalue weighted by atomic mass is 9.75. The average Bonchev–Trinajstić information content (AvgIpc) is 3.59. The molecule has 1 saturated carbocycles. The number of alkyl halides is 8. The topological polar surface area (TPSA) is 0 Å². The third-order valence-corrected chi connectivity index (χ3v) is 9.90. The van der Waals surface area contributed by atoms with E-state index < -0.39 is 40.2 Å². The summed E-state index contributed by atoms with van der Waals surface area (Å²) in [4.78, 5) is -0.101. The number of aryl methyl sites for hydroxylation is 2. The van der Waals surface area contributed by atoms with Gasteiger partial charge in [0.1, 0.15) is 0 Å². The zero-order valence-electron chi connectivity index (χ0n) is 20.7. The van der Waals surface area contributed by atoms with Crippen LogP contribution in [0.4, 0.5) is 35.1 Å². The standard InChI is InChI=1S/C29H22F8S2/c1-3-21-19(15-23(38-21)17-11-7-5-8-12-17)25(30)26(31,28(34,35)29(36,37)27(25,32)33)20-16-24(39-22(20)4-2)18-13-9-6-10-14-18/h5-16H,3-4H2,1-2H3. The molecule has 4 aromatic rings. The summed E-state index contributed by atoms with van der Waals surface area (Å²) in [5, 5.41) is 0. The molecule has 0 N–H and O–H groups in total. The maximum atomic E-state index is 17.2. The van der Waals surface area contributed by atoms with E-state index in [1.165, 1.54) is 13.8 Å². The fourth-order valence-corrected chi connectivity index (χ4v) is 7.53. The first-order chi connectivity index (χ1) is 18.3. The second-order valence-corrected chi connectivity index (χ2v) is 11.6. The van der Waals surface area contributed by atoms with Gasteiger partial charge in [-0.25, -0.2) is 8.78 Å². The molecule has 206 valence electrons. The molecule has 0 radical (unpaired) electrons. The molecule has 1 aliphatic rings. The Labute approximate surface area is 227 Å². The van der Waals surface area contributed by atoms with Crippen LogP contribution in [0.15, 0.2) is 72.8 Å². The van der Waals surface area contributed by atoms with Gasteiger partial charge in [-0.3, -0.25) is 0 Å². The van der Waals surface area contributed by atoms with Crippen molar-refractivity contribution in [2.24, 2.45) is 0 Å². The van der Waals surface area contributed by atoms with Crippen LogP contribution in [-0.4, -0.2) is 17.8 Å². The number of hydrogen-bond donors (Lipinski definition) is 0. The highest BCUT2D eigenvalue weighted by molar-refractivity contribution is 7.16. The molecule has 0 spiro atoms. The second-order valence-electron chi connectivity index (χ2n) is 9.37. The van der Waals surface area contributed by atoms with Crippen LogP contribution in [-0.2, 0) is 24.2 Å². The second kappa shape index (κ2) is 9.16. The molecule has 2 unspecified atom stereocenters. The van der Waals surface area contributed by atoms with E-state index in [1.54, 1.807) is 60.7 Å². The van der Waals surface area contributed by atoms with Crippen molar-refractivity contribution >= 4 is 22.7 Å². The van der Waals surface area contributed by atoms with E-state index in [-0.39, 0.29) is 32.4 Å². The predicted molar refractivity (Wildman–Crippen MR) is 139 cm³/mol. The number of benzene rings is 2. The predicted octanol–water partition coefficient (Wildman–Crippen LogP) is 10.2. The van der Waals surface area contributed by atoms with E-state index in [0.29, 0.717) is 11.1 Å².